The van der Waals surface area contributed by atoms with Gasteiger partial charge in [-0.1, -0.05) is 23.7 Å². The molecule has 17 heavy (non-hydrogen) atoms. The van der Waals surface area contributed by atoms with Crippen LogP contribution in [-0.2, 0) is 6.42 Å². The fourth-order valence-corrected chi connectivity index (χ4v) is 1.56. The number of tetrazole rings is 1. The van der Waals surface area contributed by atoms with Gasteiger partial charge < -0.3 is 5.32 Å². The molecule has 2 rings (SSSR count). The van der Waals surface area contributed by atoms with Crippen LogP contribution in [0.1, 0.15) is 16.2 Å². The van der Waals surface area contributed by atoms with Crippen LogP contribution < -0.4 is 5.32 Å². The van der Waals surface area contributed by atoms with Crippen molar-refractivity contribution in [1.82, 2.24) is 25.9 Å². The summed E-state index contributed by atoms with van der Waals surface area (Å²) in [5.74, 6) is -0.308. The van der Waals surface area contributed by atoms with Crippen molar-refractivity contribution >= 4 is 17.5 Å². The van der Waals surface area contributed by atoms with Gasteiger partial charge in [0, 0.05) is 11.6 Å². The lowest BCUT2D eigenvalue weighted by atomic mass is 10.1. The molecule has 0 fully saturated rings. The second-order valence-electron chi connectivity index (χ2n) is 3.37. The van der Waals surface area contributed by atoms with Gasteiger partial charge in [0.2, 0.25) is 0 Å². The van der Waals surface area contributed by atoms with Crippen LogP contribution in [-0.4, -0.2) is 33.1 Å². The zero-order valence-electron chi connectivity index (χ0n) is 8.85. The Morgan fingerprint density at radius 1 is 1.47 bits per heavy atom. The smallest absolute Gasteiger partial charge is 0.292 e. The Morgan fingerprint density at radius 3 is 3.06 bits per heavy atom. The SMILES string of the molecule is O=C(NCCc1cccc(Cl)c1)c1nn[nH]n1. The second kappa shape index (κ2) is 5.40. The number of hydrogen-bond donors (Lipinski definition) is 2. The van der Waals surface area contributed by atoms with E-state index in [0.717, 1.165) is 5.56 Å². The Hall–Kier alpha value is -1.95. The molecule has 2 N–H and O–H groups in total. The predicted octanol–water partition coefficient (Wildman–Crippen LogP) is 0.826. The first-order valence-corrected chi connectivity index (χ1v) is 5.39. The van der Waals surface area contributed by atoms with Crippen molar-refractivity contribution in [2.75, 3.05) is 6.54 Å². The van der Waals surface area contributed by atoms with E-state index in [4.69, 9.17) is 11.6 Å². The van der Waals surface area contributed by atoms with Gasteiger partial charge in [-0.3, -0.25) is 4.79 Å². The normalized spacial score (nSPS) is 10.2. The summed E-state index contributed by atoms with van der Waals surface area (Å²) in [6.45, 7) is 0.494. The van der Waals surface area contributed by atoms with Crippen LogP contribution in [0.2, 0.25) is 5.02 Å². The van der Waals surface area contributed by atoms with Gasteiger partial charge in [-0.2, -0.15) is 5.21 Å². The monoisotopic (exact) mass is 251 g/mol. The summed E-state index contributed by atoms with van der Waals surface area (Å²) in [6.07, 6.45) is 0.699. The van der Waals surface area contributed by atoms with Gasteiger partial charge in [-0.05, 0) is 29.3 Å². The van der Waals surface area contributed by atoms with Crippen molar-refractivity contribution in [1.29, 1.82) is 0 Å². The number of hydrogen-bond acceptors (Lipinski definition) is 4. The van der Waals surface area contributed by atoms with E-state index in [1.807, 2.05) is 24.3 Å². The Balaban J connectivity index is 1.82. The van der Waals surface area contributed by atoms with Crippen LogP contribution >= 0.6 is 11.6 Å². The molecule has 0 unspecified atom stereocenters. The third kappa shape index (κ3) is 3.25. The number of H-pyrrole nitrogens is 1. The summed E-state index contributed by atoms with van der Waals surface area (Å²) >= 11 is 5.85. The molecule has 88 valence electrons. The van der Waals surface area contributed by atoms with Crippen molar-refractivity contribution in [3.8, 4) is 0 Å². The van der Waals surface area contributed by atoms with E-state index in [-0.39, 0.29) is 11.7 Å². The number of aromatic nitrogens is 4. The molecule has 6 nitrogen and oxygen atoms in total. The Kier molecular flexibility index (Phi) is 3.66. The lowest BCUT2D eigenvalue weighted by Crippen LogP contribution is -2.26. The molecule has 1 heterocycles. The highest BCUT2D eigenvalue weighted by molar-refractivity contribution is 6.30. The van der Waals surface area contributed by atoms with Crippen molar-refractivity contribution in [2.24, 2.45) is 0 Å². The lowest BCUT2D eigenvalue weighted by Gasteiger charge is -2.03. The molecule has 0 radical (unpaired) electrons. The molecule has 7 heteroatoms. The van der Waals surface area contributed by atoms with Gasteiger partial charge in [0.1, 0.15) is 0 Å². The standard InChI is InChI=1S/C10H10ClN5O/c11-8-3-1-2-7(6-8)4-5-12-10(17)9-13-15-16-14-9/h1-3,6H,4-5H2,(H,12,17)(H,13,14,15,16). The molecule has 0 aliphatic carbocycles. The fourth-order valence-electron chi connectivity index (χ4n) is 1.35. The molecule has 0 atom stereocenters. The molecule has 1 amide bonds. The molecule has 2 aromatic rings. The topological polar surface area (TPSA) is 83.6 Å². The first-order valence-electron chi connectivity index (χ1n) is 5.02. The highest BCUT2D eigenvalue weighted by atomic mass is 35.5. The molecule has 0 spiro atoms. The van der Waals surface area contributed by atoms with Crippen LogP contribution in [0.4, 0.5) is 0 Å². The molecule has 0 aliphatic heterocycles. The quantitative estimate of drug-likeness (QED) is 0.843. The molecule has 0 saturated carbocycles. The lowest BCUT2D eigenvalue weighted by molar-refractivity contribution is 0.0944. The Morgan fingerprint density at radius 2 is 2.35 bits per heavy atom. The van der Waals surface area contributed by atoms with E-state index in [2.05, 4.69) is 25.9 Å². The minimum Gasteiger partial charge on any atom is -0.349 e. The van der Waals surface area contributed by atoms with Gasteiger partial charge in [0.15, 0.2) is 0 Å². The van der Waals surface area contributed by atoms with E-state index in [0.29, 0.717) is 18.0 Å². The Labute approximate surface area is 102 Å². The van der Waals surface area contributed by atoms with Crippen LogP contribution in [0, 0.1) is 0 Å². The van der Waals surface area contributed by atoms with Crippen molar-refractivity contribution in [3.63, 3.8) is 0 Å². The zero-order chi connectivity index (χ0) is 12.1. The van der Waals surface area contributed by atoms with Crippen LogP contribution in [0.15, 0.2) is 24.3 Å². The number of halogens is 1. The van der Waals surface area contributed by atoms with Crippen LogP contribution in [0.5, 0.6) is 0 Å². The second-order valence-corrected chi connectivity index (χ2v) is 3.81. The summed E-state index contributed by atoms with van der Waals surface area (Å²) in [5, 5.41) is 16.0. The number of carbonyl (C=O) groups is 1. The molecule has 1 aromatic carbocycles. The molecule has 0 bridgehead atoms. The highest BCUT2D eigenvalue weighted by Gasteiger charge is 2.09. The number of nitrogens with one attached hydrogen (secondary N) is 2. The summed E-state index contributed by atoms with van der Waals surface area (Å²) < 4.78 is 0. The third-order valence-corrected chi connectivity index (χ3v) is 2.37. The van der Waals surface area contributed by atoms with E-state index >= 15 is 0 Å². The molecule has 1 aromatic heterocycles. The minimum atomic E-state index is -0.347. The van der Waals surface area contributed by atoms with Crippen molar-refractivity contribution in [2.45, 2.75) is 6.42 Å². The van der Waals surface area contributed by atoms with Gasteiger partial charge >= 0.3 is 0 Å². The number of carbonyl (C=O) groups excluding carboxylic acids is 1. The zero-order valence-corrected chi connectivity index (χ0v) is 9.61. The van der Waals surface area contributed by atoms with Crippen molar-refractivity contribution < 1.29 is 4.79 Å². The molecular formula is C10H10ClN5O. The van der Waals surface area contributed by atoms with Crippen molar-refractivity contribution in [3.05, 3.63) is 40.7 Å². The molecule has 0 aliphatic rings. The first kappa shape index (κ1) is 11.5. The maximum absolute atomic E-state index is 11.4. The number of nitrogens with zero attached hydrogens (tertiary/aromatic N) is 3. The maximum atomic E-state index is 11.4. The van der Waals surface area contributed by atoms with E-state index in [1.54, 1.807) is 0 Å². The summed E-state index contributed by atoms with van der Waals surface area (Å²) in [6, 6.07) is 7.50. The number of aromatic amines is 1. The third-order valence-electron chi connectivity index (χ3n) is 2.14. The average Bonchev–Trinajstić information content (AvgIpc) is 2.82. The Bertz CT molecular complexity index is 499. The average molecular weight is 252 g/mol. The highest BCUT2D eigenvalue weighted by Crippen LogP contribution is 2.10. The van der Waals surface area contributed by atoms with Gasteiger partial charge in [0.25, 0.3) is 11.7 Å². The largest absolute Gasteiger partial charge is 0.349 e. The number of amides is 1. The number of benzene rings is 1. The summed E-state index contributed by atoms with van der Waals surface area (Å²) in [4.78, 5) is 11.4. The van der Waals surface area contributed by atoms with Gasteiger partial charge in [0.05, 0.1) is 0 Å². The van der Waals surface area contributed by atoms with E-state index in [1.165, 1.54) is 0 Å². The fraction of sp³-hybridized carbons (Fsp3) is 0.200. The van der Waals surface area contributed by atoms with Gasteiger partial charge in [-0.25, -0.2) is 0 Å². The van der Waals surface area contributed by atoms with Gasteiger partial charge in [-0.15, -0.1) is 10.2 Å². The van der Waals surface area contributed by atoms with E-state index in [9.17, 15) is 4.79 Å². The van der Waals surface area contributed by atoms with Crippen LogP contribution in [0.25, 0.3) is 0 Å². The van der Waals surface area contributed by atoms with E-state index < -0.39 is 0 Å². The predicted molar refractivity (Wildman–Crippen MR) is 61.7 cm³/mol. The number of rotatable bonds is 4. The first-order chi connectivity index (χ1) is 8.25. The summed E-state index contributed by atoms with van der Waals surface area (Å²) in [5.41, 5.74) is 1.06. The van der Waals surface area contributed by atoms with Crippen LogP contribution in [0.3, 0.4) is 0 Å². The minimum absolute atomic E-state index is 0.0381. The maximum Gasteiger partial charge on any atom is 0.292 e. The summed E-state index contributed by atoms with van der Waals surface area (Å²) in [7, 11) is 0. The molecular weight excluding hydrogens is 242 g/mol. The molecule has 0 saturated heterocycles.